The molecule has 2 amide bonds. The lowest BCUT2D eigenvalue weighted by Gasteiger charge is -2.13. The van der Waals surface area contributed by atoms with E-state index in [9.17, 15) is 9.59 Å². The molecule has 1 aliphatic heterocycles. The molecule has 1 heterocycles. The molecule has 0 N–H and O–H groups in total. The van der Waals surface area contributed by atoms with Crippen LogP contribution in [-0.4, -0.2) is 34.8 Å². The molecule has 28 heavy (non-hydrogen) atoms. The molecule has 0 aromatic rings. The minimum atomic E-state index is 0.0327. The van der Waals surface area contributed by atoms with Crippen LogP contribution in [0.15, 0.2) is 0 Å². The Hall–Kier alpha value is -0.510. The number of thioether (sulfide) groups is 1. The molecule has 1 rings (SSSR count). The Labute approximate surface area is 178 Å². The van der Waals surface area contributed by atoms with Crippen molar-refractivity contribution in [1.29, 1.82) is 0 Å². The van der Waals surface area contributed by atoms with Crippen LogP contribution in [0.1, 0.15) is 122 Å². The molecule has 0 radical (unpaired) electrons. The molecule has 1 aliphatic rings. The number of hydrogen-bond acceptors (Lipinski definition) is 3. The lowest BCUT2D eigenvalue weighted by Crippen LogP contribution is -2.29. The maximum atomic E-state index is 11.5. The number of carbonyl (C=O) groups is 2. The summed E-state index contributed by atoms with van der Waals surface area (Å²) in [6, 6.07) is 0. The first-order valence-corrected chi connectivity index (χ1v) is 13.3. The quantitative estimate of drug-likeness (QED) is 0.158. The minimum Gasteiger partial charge on any atom is -0.283 e. The summed E-state index contributed by atoms with van der Waals surface area (Å²) >= 11 is 2.15. The van der Waals surface area contributed by atoms with Crippen molar-refractivity contribution in [3.63, 3.8) is 0 Å². The van der Waals surface area contributed by atoms with Gasteiger partial charge in [0.25, 0.3) is 0 Å². The van der Waals surface area contributed by atoms with Gasteiger partial charge in [-0.1, -0.05) is 90.4 Å². The molecule has 4 heteroatoms. The van der Waals surface area contributed by atoms with Gasteiger partial charge in [0.2, 0.25) is 11.8 Å². The Bertz CT molecular complexity index is 384. The minimum absolute atomic E-state index is 0.0327. The molecule has 0 spiro atoms. The normalized spacial score (nSPS) is 14.4. The molecule has 0 aliphatic carbocycles. The van der Waals surface area contributed by atoms with Crippen LogP contribution in [0.2, 0.25) is 0 Å². The first kappa shape index (κ1) is 25.5. The predicted octanol–water partition coefficient (Wildman–Crippen LogP) is 7.13. The lowest BCUT2D eigenvalue weighted by molar-refractivity contribution is -0.138. The maximum absolute atomic E-state index is 11.5. The smallest absolute Gasteiger partial charge is 0.229 e. The Morgan fingerprint density at radius 1 is 0.607 bits per heavy atom. The van der Waals surface area contributed by atoms with Gasteiger partial charge in [-0.25, -0.2) is 0 Å². The monoisotopic (exact) mass is 411 g/mol. The molecule has 0 atom stereocenters. The predicted molar refractivity (Wildman–Crippen MR) is 123 cm³/mol. The van der Waals surface area contributed by atoms with Gasteiger partial charge >= 0.3 is 0 Å². The van der Waals surface area contributed by atoms with E-state index in [0.29, 0.717) is 19.4 Å². The highest BCUT2D eigenvalue weighted by Crippen LogP contribution is 2.16. The number of rotatable bonds is 20. The van der Waals surface area contributed by atoms with Crippen molar-refractivity contribution < 1.29 is 9.59 Å². The number of unbranched alkanes of at least 4 members (excludes halogenated alkanes) is 14. The number of carbonyl (C=O) groups excluding carboxylic acids is 2. The second-order valence-corrected chi connectivity index (χ2v) is 9.58. The zero-order valence-corrected chi connectivity index (χ0v) is 19.3. The summed E-state index contributed by atoms with van der Waals surface area (Å²) in [5, 5.41) is 0. The summed E-state index contributed by atoms with van der Waals surface area (Å²) < 4.78 is 0. The van der Waals surface area contributed by atoms with Gasteiger partial charge in [0.05, 0.1) is 0 Å². The number of likely N-dealkylation sites (tertiary alicyclic amines) is 1. The standard InChI is InChI=1S/C24H45NO2S/c1-2-3-4-5-6-10-13-16-21-28-22-17-14-11-8-7-9-12-15-20-25-23(26)18-19-24(25)27/h2-22H2,1H3. The molecule has 1 saturated heterocycles. The van der Waals surface area contributed by atoms with Crippen LogP contribution in [0.4, 0.5) is 0 Å². The number of imide groups is 1. The van der Waals surface area contributed by atoms with E-state index in [1.165, 1.54) is 106 Å². The molecular formula is C24H45NO2S. The largest absolute Gasteiger partial charge is 0.283 e. The van der Waals surface area contributed by atoms with Crippen molar-refractivity contribution in [2.45, 2.75) is 122 Å². The van der Waals surface area contributed by atoms with E-state index in [2.05, 4.69) is 18.7 Å². The van der Waals surface area contributed by atoms with Gasteiger partial charge in [-0.3, -0.25) is 14.5 Å². The first-order valence-electron chi connectivity index (χ1n) is 12.2. The van der Waals surface area contributed by atoms with E-state index in [0.717, 1.165) is 12.8 Å². The van der Waals surface area contributed by atoms with Gasteiger partial charge in [-0.15, -0.1) is 0 Å². The summed E-state index contributed by atoms with van der Waals surface area (Å²) in [6.45, 7) is 2.93. The molecule has 164 valence electrons. The molecule has 0 bridgehead atoms. The maximum Gasteiger partial charge on any atom is 0.229 e. The van der Waals surface area contributed by atoms with E-state index >= 15 is 0 Å². The average molecular weight is 412 g/mol. The number of nitrogens with zero attached hydrogens (tertiary/aromatic N) is 1. The highest BCUT2D eigenvalue weighted by molar-refractivity contribution is 7.99. The van der Waals surface area contributed by atoms with E-state index in [1.807, 2.05) is 0 Å². The molecule has 0 saturated carbocycles. The Balaban J connectivity index is 1.70. The topological polar surface area (TPSA) is 37.4 Å². The molecule has 3 nitrogen and oxygen atoms in total. The van der Waals surface area contributed by atoms with Gasteiger partial charge in [0.15, 0.2) is 0 Å². The second kappa shape index (κ2) is 18.5. The third-order valence-electron chi connectivity index (χ3n) is 5.72. The summed E-state index contributed by atoms with van der Waals surface area (Å²) in [7, 11) is 0. The van der Waals surface area contributed by atoms with Crippen LogP contribution in [0.5, 0.6) is 0 Å². The highest BCUT2D eigenvalue weighted by atomic mass is 32.2. The van der Waals surface area contributed by atoms with E-state index in [4.69, 9.17) is 0 Å². The van der Waals surface area contributed by atoms with Crippen LogP contribution >= 0.6 is 11.8 Å². The first-order chi connectivity index (χ1) is 13.8. The van der Waals surface area contributed by atoms with Crippen molar-refractivity contribution in [2.24, 2.45) is 0 Å². The van der Waals surface area contributed by atoms with E-state index in [-0.39, 0.29) is 11.8 Å². The zero-order valence-electron chi connectivity index (χ0n) is 18.5. The Morgan fingerprint density at radius 3 is 1.46 bits per heavy atom. The Morgan fingerprint density at radius 2 is 1.00 bits per heavy atom. The third-order valence-corrected chi connectivity index (χ3v) is 6.87. The van der Waals surface area contributed by atoms with Gasteiger partial charge < -0.3 is 0 Å². The average Bonchev–Trinajstić information content (AvgIpc) is 3.01. The number of hydrogen-bond donors (Lipinski definition) is 0. The van der Waals surface area contributed by atoms with Crippen LogP contribution in [-0.2, 0) is 9.59 Å². The van der Waals surface area contributed by atoms with Crippen molar-refractivity contribution in [3.8, 4) is 0 Å². The van der Waals surface area contributed by atoms with Gasteiger partial charge in [-0.2, -0.15) is 11.8 Å². The summed E-state index contributed by atoms with van der Waals surface area (Å²) in [4.78, 5) is 24.5. The summed E-state index contributed by atoms with van der Waals surface area (Å²) in [5.41, 5.74) is 0. The fraction of sp³-hybridized carbons (Fsp3) is 0.917. The van der Waals surface area contributed by atoms with Crippen molar-refractivity contribution >= 4 is 23.6 Å². The fourth-order valence-corrected chi connectivity index (χ4v) is 4.87. The zero-order chi connectivity index (χ0) is 20.3. The fourth-order valence-electron chi connectivity index (χ4n) is 3.85. The number of amides is 2. The Kier molecular flexibility index (Phi) is 16.9. The van der Waals surface area contributed by atoms with Crippen LogP contribution < -0.4 is 0 Å². The SMILES string of the molecule is CCCCCCCCCCSCCCCCCCCCCN1C(=O)CCC1=O. The van der Waals surface area contributed by atoms with E-state index < -0.39 is 0 Å². The van der Waals surface area contributed by atoms with Crippen molar-refractivity contribution in [1.82, 2.24) is 4.90 Å². The molecule has 1 fully saturated rings. The lowest BCUT2D eigenvalue weighted by atomic mass is 10.1. The molecule has 0 unspecified atom stereocenters. The van der Waals surface area contributed by atoms with Crippen molar-refractivity contribution in [2.75, 3.05) is 18.1 Å². The molecular weight excluding hydrogens is 366 g/mol. The van der Waals surface area contributed by atoms with Crippen LogP contribution in [0, 0.1) is 0 Å². The van der Waals surface area contributed by atoms with Crippen LogP contribution in [0.25, 0.3) is 0 Å². The van der Waals surface area contributed by atoms with Gasteiger partial charge in [-0.05, 0) is 30.8 Å². The van der Waals surface area contributed by atoms with Gasteiger partial charge in [0, 0.05) is 19.4 Å². The molecule has 0 aromatic heterocycles. The highest BCUT2D eigenvalue weighted by Gasteiger charge is 2.27. The second-order valence-electron chi connectivity index (χ2n) is 8.35. The molecule has 0 aromatic carbocycles. The summed E-state index contributed by atoms with van der Waals surface area (Å²) in [6.07, 6.45) is 22.3. The van der Waals surface area contributed by atoms with Crippen LogP contribution in [0.3, 0.4) is 0 Å². The van der Waals surface area contributed by atoms with Crippen molar-refractivity contribution in [3.05, 3.63) is 0 Å². The van der Waals surface area contributed by atoms with E-state index in [1.54, 1.807) is 0 Å². The van der Waals surface area contributed by atoms with Gasteiger partial charge in [0.1, 0.15) is 0 Å². The summed E-state index contributed by atoms with van der Waals surface area (Å²) in [5.74, 6) is 2.77. The third kappa shape index (κ3) is 13.6.